The van der Waals surface area contributed by atoms with Crippen LogP contribution in [0.25, 0.3) is 21.9 Å². The predicted octanol–water partition coefficient (Wildman–Crippen LogP) is 4.90. The third kappa shape index (κ3) is 2.70. The summed E-state index contributed by atoms with van der Waals surface area (Å²) in [6.45, 7) is 3.08. The van der Waals surface area contributed by atoms with Crippen LogP contribution in [-0.2, 0) is 12.3 Å². The molecule has 0 fully saturated rings. The zero-order chi connectivity index (χ0) is 15.6. The van der Waals surface area contributed by atoms with Gasteiger partial charge in [0.1, 0.15) is 0 Å². The highest BCUT2D eigenvalue weighted by Crippen LogP contribution is 2.26. The van der Waals surface area contributed by atoms with Crippen molar-refractivity contribution in [3.05, 3.63) is 66.4 Å². The largest absolute Gasteiger partial charge is 0.319 e. The fraction of sp³-hybridized carbons (Fsp3) is 0.158. The molecule has 0 bridgehead atoms. The summed E-state index contributed by atoms with van der Waals surface area (Å²) < 4.78 is 2.26. The molecule has 0 aliphatic heterocycles. The molecule has 3 nitrogen and oxygen atoms in total. The van der Waals surface area contributed by atoms with Crippen molar-refractivity contribution >= 4 is 33.7 Å². The Hall–Kier alpha value is -2.33. The zero-order valence-electron chi connectivity index (χ0n) is 12.9. The van der Waals surface area contributed by atoms with Crippen LogP contribution in [0.5, 0.6) is 0 Å². The van der Waals surface area contributed by atoms with Crippen LogP contribution >= 0.6 is 11.8 Å². The van der Waals surface area contributed by atoms with Crippen LogP contribution < -0.4 is 0 Å². The van der Waals surface area contributed by atoms with Gasteiger partial charge in [-0.05, 0) is 31.2 Å². The topological polar surface area (TPSA) is 30.7 Å². The number of aromatic nitrogens is 3. The van der Waals surface area contributed by atoms with E-state index in [1.807, 2.05) is 18.2 Å². The van der Waals surface area contributed by atoms with E-state index in [9.17, 15) is 0 Å². The molecular formula is C19H17N3S. The molecule has 4 aromatic rings. The Morgan fingerprint density at radius 2 is 1.65 bits per heavy atom. The Kier molecular flexibility index (Phi) is 3.75. The van der Waals surface area contributed by atoms with E-state index < -0.39 is 0 Å². The fourth-order valence-electron chi connectivity index (χ4n) is 2.80. The van der Waals surface area contributed by atoms with E-state index in [-0.39, 0.29) is 0 Å². The van der Waals surface area contributed by atoms with Crippen LogP contribution in [0.3, 0.4) is 0 Å². The second-order valence-corrected chi connectivity index (χ2v) is 6.35. The first kappa shape index (κ1) is 14.3. The van der Waals surface area contributed by atoms with E-state index >= 15 is 0 Å². The van der Waals surface area contributed by atoms with Crippen molar-refractivity contribution in [2.45, 2.75) is 24.4 Å². The standard InChI is InChI=1S/C19H17N3S/c1-2-22-18-10-6-5-9-17(18)21-19(22)23-13-15-12-11-14-7-3-4-8-16(14)20-15/h3-12H,2,13H2,1H3. The summed E-state index contributed by atoms with van der Waals surface area (Å²) in [4.78, 5) is 9.50. The molecule has 2 aromatic heterocycles. The van der Waals surface area contributed by atoms with E-state index in [1.165, 1.54) is 10.9 Å². The first-order valence-electron chi connectivity index (χ1n) is 7.78. The van der Waals surface area contributed by atoms with E-state index in [1.54, 1.807) is 11.8 Å². The Morgan fingerprint density at radius 3 is 2.52 bits per heavy atom. The molecule has 0 spiro atoms. The van der Waals surface area contributed by atoms with Gasteiger partial charge in [0, 0.05) is 17.7 Å². The molecule has 4 heteroatoms. The molecule has 2 aromatic carbocycles. The lowest BCUT2D eigenvalue weighted by molar-refractivity contribution is 0.702. The van der Waals surface area contributed by atoms with Gasteiger partial charge >= 0.3 is 0 Å². The lowest BCUT2D eigenvalue weighted by Gasteiger charge is -2.06. The third-order valence-corrected chi connectivity index (χ3v) is 4.95. The second kappa shape index (κ2) is 6.05. The van der Waals surface area contributed by atoms with Crippen molar-refractivity contribution in [2.75, 3.05) is 0 Å². The smallest absolute Gasteiger partial charge is 0.169 e. The second-order valence-electron chi connectivity index (χ2n) is 5.41. The normalized spacial score (nSPS) is 11.3. The predicted molar refractivity (Wildman–Crippen MR) is 96.7 cm³/mol. The number of imidazole rings is 1. The zero-order valence-corrected chi connectivity index (χ0v) is 13.8. The maximum atomic E-state index is 4.76. The molecule has 0 N–H and O–H groups in total. The molecule has 23 heavy (non-hydrogen) atoms. The number of rotatable bonds is 4. The number of aryl methyl sites for hydroxylation is 1. The maximum Gasteiger partial charge on any atom is 0.169 e. The molecular weight excluding hydrogens is 302 g/mol. The molecule has 0 unspecified atom stereocenters. The number of nitrogens with zero attached hydrogens (tertiary/aromatic N) is 3. The van der Waals surface area contributed by atoms with Gasteiger partial charge in [0.05, 0.1) is 22.2 Å². The lowest BCUT2D eigenvalue weighted by atomic mass is 10.2. The van der Waals surface area contributed by atoms with Gasteiger partial charge in [-0.15, -0.1) is 0 Å². The molecule has 114 valence electrons. The van der Waals surface area contributed by atoms with Gasteiger partial charge in [-0.2, -0.15) is 0 Å². The lowest BCUT2D eigenvalue weighted by Crippen LogP contribution is -1.97. The van der Waals surface area contributed by atoms with E-state index in [0.29, 0.717) is 0 Å². The number of fused-ring (bicyclic) bond motifs is 2. The Bertz CT molecular complexity index is 975. The summed E-state index contributed by atoms with van der Waals surface area (Å²) in [5.74, 6) is 0.828. The van der Waals surface area contributed by atoms with Gasteiger partial charge in [-0.25, -0.2) is 4.98 Å². The van der Waals surface area contributed by atoms with Crippen molar-refractivity contribution in [3.8, 4) is 0 Å². The molecule has 0 radical (unpaired) electrons. The monoisotopic (exact) mass is 319 g/mol. The van der Waals surface area contributed by atoms with E-state index in [2.05, 4.69) is 54.0 Å². The van der Waals surface area contributed by atoms with Crippen LogP contribution in [0, 0.1) is 0 Å². The SMILES string of the molecule is CCn1c(SCc2ccc3ccccc3n2)nc2ccccc21. The summed E-state index contributed by atoms with van der Waals surface area (Å²) in [7, 11) is 0. The third-order valence-electron chi connectivity index (χ3n) is 3.94. The Balaban J connectivity index is 1.62. The van der Waals surface area contributed by atoms with Crippen LogP contribution in [0.1, 0.15) is 12.6 Å². The first-order chi connectivity index (χ1) is 11.3. The minimum absolute atomic E-state index is 0.828. The molecule has 2 heterocycles. The summed E-state index contributed by atoms with van der Waals surface area (Å²) in [6, 6.07) is 20.8. The number of benzene rings is 2. The van der Waals surface area contributed by atoms with Gasteiger partial charge in [0.2, 0.25) is 0 Å². The Labute approximate surface area is 139 Å². The minimum atomic E-state index is 0.828. The van der Waals surface area contributed by atoms with Crippen LogP contribution in [0.2, 0.25) is 0 Å². The summed E-state index contributed by atoms with van der Waals surface area (Å²) >= 11 is 1.75. The van der Waals surface area contributed by atoms with Crippen molar-refractivity contribution in [1.29, 1.82) is 0 Å². The van der Waals surface area contributed by atoms with Gasteiger partial charge in [-0.1, -0.05) is 48.2 Å². The number of pyridine rings is 1. The van der Waals surface area contributed by atoms with Crippen LogP contribution in [-0.4, -0.2) is 14.5 Å². The highest BCUT2D eigenvalue weighted by molar-refractivity contribution is 7.98. The molecule has 0 amide bonds. The highest BCUT2D eigenvalue weighted by Gasteiger charge is 2.10. The molecule has 0 atom stereocenters. The quantitative estimate of drug-likeness (QED) is 0.501. The van der Waals surface area contributed by atoms with Crippen molar-refractivity contribution in [3.63, 3.8) is 0 Å². The van der Waals surface area contributed by atoms with Crippen molar-refractivity contribution < 1.29 is 0 Å². The van der Waals surface area contributed by atoms with Crippen LogP contribution in [0.4, 0.5) is 0 Å². The summed E-state index contributed by atoms with van der Waals surface area (Å²) in [5.41, 5.74) is 4.39. The number of hydrogen-bond acceptors (Lipinski definition) is 3. The summed E-state index contributed by atoms with van der Waals surface area (Å²) in [6.07, 6.45) is 0. The number of para-hydroxylation sites is 3. The number of thioether (sulfide) groups is 1. The van der Waals surface area contributed by atoms with E-state index in [4.69, 9.17) is 9.97 Å². The van der Waals surface area contributed by atoms with E-state index in [0.717, 1.165) is 34.2 Å². The maximum absolute atomic E-state index is 4.76. The fourth-order valence-corrected chi connectivity index (χ4v) is 3.78. The molecule has 0 aliphatic rings. The average Bonchev–Trinajstić information content (AvgIpc) is 2.97. The van der Waals surface area contributed by atoms with Crippen molar-refractivity contribution in [2.24, 2.45) is 0 Å². The number of hydrogen-bond donors (Lipinski definition) is 0. The molecule has 0 saturated heterocycles. The molecule has 0 aliphatic carbocycles. The summed E-state index contributed by atoms with van der Waals surface area (Å²) in [5, 5.41) is 2.24. The van der Waals surface area contributed by atoms with Gasteiger partial charge in [0.25, 0.3) is 0 Å². The van der Waals surface area contributed by atoms with Gasteiger partial charge in [0.15, 0.2) is 5.16 Å². The molecule has 4 rings (SSSR count). The first-order valence-corrected chi connectivity index (χ1v) is 8.76. The highest BCUT2D eigenvalue weighted by atomic mass is 32.2. The van der Waals surface area contributed by atoms with Gasteiger partial charge in [-0.3, -0.25) is 4.98 Å². The minimum Gasteiger partial charge on any atom is -0.319 e. The van der Waals surface area contributed by atoms with Crippen LogP contribution in [0.15, 0.2) is 65.8 Å². The van der Waals surface area contributed by atoms with Gasteiger partial charge < -0.3 is 4.57 Å². The average molecular weight is 319 g/mol. The molecule has 0 saturated carbocycles. The Morgan fingerprint density at radius 1 is 0.870 bits per heavy atom. The van der Waals surface area contributed by atoms with Crippen molar-refractivity contribution in [1.82, 2.24) is 14.5 Å².